The van der Waals surface area contributed by atoms with Crippen molar-refractivity contribution in [2.45, 2.75) is 19.8 Å². The van der Waals surface area contributed by atoms with Crippen LogP contribution in [0.5, 0.6) is 0 Å². The van der Waals surface area contributed by atoms with Crippen LogP contribution in [0.2, 0.25) is 0 Å². The fourth-order valence-corrected chi connectivity index (χ4v) is 2.13. The number of ether oxygens (including phenoxy) is 1. The van der Waals surface area contributed by atoms with Crippen LogP contribution in [0.3, 0.4) is 0 Å². The van der Waals surface area contributed by atoms with Gasteiger partial charge in [-0.3, -0.25) is 14.7 Å². The number of amides is 1. The average Bonchev–Trinajstić information content (AvgIpc) is 2.85. The van der Waals surface area contributed by atoms with Crippen LogP contribution in [0, 0.1) is 5.92 Å². The quantitative estimate of drug-likeness (QED) is 0.733. The monoisotopic (exact) mass is 267 g/mol. The molecule has 1 unspecified atom stereocenters. The highest BCUT2D eigenvalue weighted by molar-refractivity contribution is 5.91. The maximum absolute atomic E-state index is 12.1. The predicted molar refractivity (Wildman–Crippen MR) is 66.1 cm³/mol. The summed E-state index contributed by atoms with van der Waals surface area (Å²) in [4.78, 5) is 29.2. The van der Waals surface area contributed by atoms with Gasteiger partial charge in [0.2, 0.25) is 11.8 Å². The SMILES string of the molecule is CCOC(=O)C1CCCN(C(=O)c2nc(N)n[nH]2)C1. The van der Waals surface area contributed by atoms with Gasteiger partial charge in [-0.15, -0.1) is 5.10 Å². The second-order valence-corrected chi connectivity index (χ2v) is 4.38. The van der Waals surface area contributed by atoms with Gasteiger partial charge in [0.15, 0.2) is 0 Å². The Balaban J connectivity index is 2.01. The first kappa shape index (κ1) is 13.3. The van der Waals surface area contributed by atoms with Crippen molar-refractivity contribution < 1.29 is 14.3 Å². The van der Waals surface area contributed by atoms with Crippen LogP contribution >= 0.6 is 0 Å². The number of hydrogen-bond donors (Lipinski definition) is 2. The molecule has 0 aliphatic carbocycles. The number of nitrogens with one attached hydrogen (secondary N) is 1. The maximum Gasteiger partial charge on any atom is 0.310 e. The van der Waals surface area contributed by atoms with Crippen molar-refractivity contribution in [2.24, 2.45) is 5.92 Å². The molecule has 0 radical (unpaired) electrons. The maximum atomic E-state index is 12.1. The molecule has 1 aliphatic heterocycles. The van der Waals surface area contributed by atoms with Gasteiger partial charge in [0.05, 0.1) is 12.5 Å². The molecule has 1 aromatic rings. The van der Waals surface area contributed by atoms with E-state index in [1.54, 1.807) is 11.8 Å². The lowest BCUT2D eigenvalue weighted by Crippen LogP contribution is -2.43. The summed E-state index contributed by atoms with van der Waals surface area (Å²) in [6.07, 6.45) is 1.50. The number of hydrogen-bond acceptors (Lipinski definition) is 6. The van der Waals surface area contributed by atoms with Gasteiger partial charge in [0, 0.05) is 13.1 Å². The van der Waals surface area contributed by atoms with E-state index in [4.69, 9.17) is 10.5 Å². The Morgan fingerprint density at radius 2 is 2.37 bits per heavy atom. The van der Waals surface area contributed by atoms with E-state index >= 15 is 0 Å². The zero-order valence-electron chi connectivity index (χ0n) is 10.8. The standard InChI is InChI=1S/C11H17N5O3/c1-2-19-10(18)7-4-3-5-16(6-7)9(17)8-13-11(12)15-14-8/h7H,2-6H2,1H3,(H3,12,13,14,15). The Bertz CT molecular complexity index is 473. The summed E-state index contributed by atoms with van der Waals surface area (Å²) in [5.41, 5.74) is 5.36. The molecule has 0 bridgehead atoms. The van der Waals surface area contributed by atoms with Crippen LogP contribution in [0.15, 0.2) is 0 Å². The zero-order chi connectivity index (χ0) is 13.8. The lowest BCUT2D eigenvalue weighted by atomic mass is 9.98. The molecular formula is C11H17N5O3. The predicted octanol–water partition coefficient (Wildman–Crippen LogP) is -0.198. The van der Waals surface area contributed by atoms with E-state index in [0.717, 1.165) is 12.8 Å². The van der Waals surface area contributed by atoms with Crippen LogP contribution in [0.1, 0.15) is 30.4 Å². The second-order valence-electron chi connectivity index (χ2n) is 4.38. The molecule has 0 saturated carbocycles. The highest BCUT2D eigenvalue weighted by atomic mass is 16.5. The summed E-state index contributed by atoms with van der Waals surface area (Å²) in [5, 5.41) is 6.10. The van der Waals surface area contributed by atoms with Crippen LogP contribution in [0.25, 0.3) is 0 Å². The first-order valence-electron chi connectivity index (χ1n) is 6.25. The van der Waals surface area contributed by atoms with E-state index in [0.29, 0.717) is 19.7 Å². The number of nitrogens with zero attached hydrogens (tertiary/aromatic N) is 3. The molecule has 0 spiro atoms. The molecule has 0 aromatic carbocycles. The number of aromatic nitrogens is 3. The van der Waals surface area contributed by atoms with E-state index in [1.807, 2.05) is 0 Å². The van der Waals surface area contributed by atoms with Gasteiger partial charge >= 0.3 is 5.97 Å². The summed E-state index contributed by atoms with van der Waals surface area (Å²) in [7, 11) is 0. The number of likely N-dealkylation sites (tertiary alicyclic amines) is 1. The normalized spacial score (nSPS) is 19.2. The molecule has 2 heterocycles. The minimum atomic E-state index is -0.293. The summed E-state index contributed by atoms with van der Waals surface area (Å²) >= 11 is 0. The van der Waals surface area contributed by atoms with Crippen molar-refractivity contribution in [1.29, 1.82) is 0 Å². The number of anilines is 1. The number of H-pyrrole nitrogens is 1. The summed E-state index contributed by atoms with van der Waals surface area (Å²) < 4.78 is 4.99. The highest BCUT2D eigenvalue weighted by Gasteiger charge is 2.30. The van der Waals surface area contributed by atoms with Crippen molar-refractivity contribution >= 4 is 17.8 Å². The minimum absolute atomic E-state index is 0.0299. The lowest BCUT2D eigenvalue weighted by molar-refractivity contribution is -0.149. The summed E-state index contributed by atoms with van der Waals surface area (Å²) in [6.45, 7) is 3.05. The number of nitrogens with two attached hydrogens (primary N) is 1. The number of carbonyl (C=O) groups excluding carboxylic acids is 2. The largest absolute Gasteiger partial charge is 0.466 e. The Kier molecular flexibility index (Phi) is 3.98. The molecule has 1 aromatic heterocycles. The smallest absolute Gasteiger partial charge is 0.310 e. The Hall–Kier alpha value is -2.12. The summed E-state index contributed by atoms with van der Waals surface area (Å²) in [5.74, 6) is -0.683. The van der Waals surface area contributed by atoms with E-state index < -0.39 is 0 Å². The molecule has 19 heavy (non-hydrogen) atoms. The topological polar surface area (TPSA) is 114 Å². The lowest BCUT2D eigenvalue weighted by Gasteiger charge is -2.30. The van der Waals surface area contributed by atoms with Gasteiger partial charge < -0.3 is 15.4 Å². The number of piperidine rings is 1. The van der Waals surface area contributed by atoms with Gasteiger partial charge in [-0.1, -0.05) is 0 Å². The fraction of sp³-hybridized carbons (Fsp3) is 0.636. The van der Waals surface area contributed by atoms with Crippen molar-refractivity contribution in [2.75, 3.05) is 25.4 Å². The van der Waals surface area contributed by atoms with Gasteiger partial charge in [0.1, 0.15) is 0 Å². The molecule has 2 rings (SSSR count). The third kappa shape index (κ3) is 3.01. The highest BCUT2D eigenvalue weighted by Crippen LogP contribution is 2.19. The molecule has 104 valence electrons. The third-order valence-corrected chi connectivity index (χ3v) is 3.03. The Morgan fingerprint density at radius 1 is 1.58 bits per heavy atom. The van der Waals surface area contributed by atoms with Crippen molar-refractivity contribution in [3.63, 3.8) is 0 Å². The number of nitrogen functional groups attached to an aromatic ring is 1. The number of aromatic amines is 1. The number of esters is 1. The van der Waals surface area contributed by atoms with Crippen LogP contribution in [0.4, 0.5) is 5.95 Å². The van der Waals surface area contributed by atoms with Gasteiger partial charge in [-0.2, -0.15) is 4.98 Å². The number of carbonyl (C=O) groups is 2. The summed E-state index contributed by atoms with van der Waals surface area (Å²) in [6, 6.07) is 0. The molecule has 1 atom stereocenters. The van der Waals surface area contributed by atoms with Crippen molar-refractivity contribution in [3.05, 3.63) is 5.82 Å². The van der Waals surface area contributed by atoms with Crippen molar-refractivity contribution in [1.82, 2.24) is 20.1 Å². The van der Waals surface area contributed by atoms with Crippen molar-refractivity contribution in [3.8, 4) is 0 Å². The van der Waals surface area contributed by atoms with E-state index in [2.05, 4.69) is 15.2 Å². The molecule has 8 nitrogen and oxygen atoms in total. The van der Waals surface area contributed by atoms with E-state index in [-0.39, 0.29) is 29.6 Å². The first-order chi connectivity index (χ1) is 9.11. The molecule has 1 fully saturated rings. The minimum Gasteiger partial charge on any atom is -0.466 e. The van der Waals surface area contributed by atoms with Gasteiger partial charge in [0.25, 0.3) is 5.91 Å². The van der Waals surface area contributed by atoms with E-state index in [9.17, 15) is 9.59 Å². The van der Waals surface area contributed by atoms with Crippen LogP contribution < -0.4 is 5.73 Å². The molecular weight excluding hydrogens is 250 g/mol. The molecule has 1 amide bonds. The third-order valence-electron chi connectivity index (χ3n) is 3.03. The van der Waals surface area contributed by atoms with Gasteiger partial charge in [-0.25, -0.2) is 0 Å². The molecule has 8 heteroatoms. The zero-order valence-corrected chi connectivity index (χ0v) is 10.8. The second kappa shape index (κ2) is 5.68. The Morgan fingerprint density at radius 3 is 3.00 bits per heavy atom. The van der Waals surface area contributed by atoms with Crippen LogP contribution in [-0.2, 0) is 9.53 Å². The van der Waals surface area contributed by atoms with Gasteiger partial charge in [-0.05, 0) is 19.8 Å². The Labute approximate surface area is 110 Å². The average molecular weight is 267 g/mol. The van der Waals surface area contributed by atoms with Crippen LogP contribution in [-0.4, -0.2) is 51.7 Å². The molecule has 1 aliphatic rings. The van der Waals surface area contributed by atoms with E-state index in [1.165, 1.54) is 0 Å². The number of rotatable bonds is 3. The first-order valence-corrected chi connectivity index (χ1v) is 6.25. The fourth-order valence-electron chi connectivity index (χ4n) is 2.13. The molecule has 1 saturated heterocycles. The molecule has 3 N–H and O–H groups in total.